The number of likely N-dealkylation sites (N-methyl/N-ethyl adjacent to an activating group) is 1. The average molecular weight is 253 g/mol. The number of amides is 1. The third kappa shape index (κ3) is 3.04. The van der Waals surface area contributed by atoms with Gasteiger partial charge in [0.1, 0.15) is 0 Å². The number of rotatable bonds is 4. The number of hydrogen-bond donors (Lipinski definition) is 1. The van der Waals surface area contributed by atoms with Gasteiger partial charge < -0.3 is 15.5 Å². The summed E-state index contributed by atoms with van der Waals surface area (Å²) in [6, 6.07) is 0.519. The molecule has 1 saturated carbocycles. The number of carbonyl (C=O) groups is 1. The molecule has 104 valence electrons. The second-order valence-corrected chi connectivity index (χ2v) is 6.30. The zero-order chi connectivity index (χ0) is 13.3. The number of likely N-dealkylation sites (tertiary alicyclic amines) is 1. The van der Waals surface area contributed by atoms with E-state index in [0.717, 1.165) is 32.4 Å². The smallest absolute Gasteiger partial charge is 0.240 e. The van der Waals surface area contributed by atoms with Crippen molar-refractivity contribution in [1.29, 1.82) is 0 Å². The monoisotopic (exact) mass is 253 g/mol. The summed E-state index contributed by atoms with van der Waals surface area (Å²) in [5, 5.41) is 0. The maximum atomic E-state index is 12.6. The van der Waals surface area contributed by atoms with Crippen molar-refractivity contribution in [2.75, 3.05) is 20.1 Å². The highest BCUT2D eigenvalue weighted by Gasteiger charge is 2.40. The fourth-order valence-corrected chi connectivity index (χ4v) is 2.83. The SMILES string of the molecule is CC(C)C(N)C(=O)N(C1CC1)C1CCCN(C)C1. The fraction of sp³-hybridized carbons (Fsp3) is 0.929. The van der Waals surface area contributed by atoms with Crippen LogP contribution < -0.4 is 5.73 Å². The molecule has 0 aromatic rings. The number of nitrogens with zero attached hydrogens (tertiary/aromatic N) is 2. The Kier molecular flexibility index (Phi) is 4.28. The van der Waals surface area contributed by atoms with Crippen LogP contribution in [0.5, 0.6) is 0 Å². The highest BCUT2D eigenvalue weighted by atomic mass is 16.2. The van der Waals surface area contributed by atoms with Crippen molar-refractivity contribution in [1.82, 2.24) is 9.80 Å². The Morgan fingerprint density at radius 3 is 2.44 bits per heavy atom. The number of carbonyl (C=O) groups excluding carboxylic acids is 1. The zero-order valence-electron chi connectivity index (χ0n) is 11.9. The molecule has 0 aromatic heterocycles. The van der Waals surface area contributed by atoms with Gasteiger partial charge in [-0.2, -0.15) is 0 Å². The summed E-state index contributed by atoms with van der Waals surface area (Å²) in [4.78, 5) is 17.0. The molecule has 2 rings (SSSR count). The van der Waals surface area contributed by atoms with E-state index in [1.807, 2.05) is 13.8 Å². The Morgan fingerprint density at radius 2 is 1.94 bits per heavy atom. The Labute approximate surface area is 110 Å². The van der Waals surface area contributed by atoms with Gasteiger partial charge >= 0.3 is 0 Å². The van der Waals surface area contributed by atoms with Gasteiger partial charge in [-0.15, -0.1) is 0 Å². The van der Waals surface area contributed by atoms with Gasteiger partial charge in [0.15, 0.2) is 0 Å². The highest BCUT2D eigenvalue weighted by Crippen LogP contribution is 2.32. The molecule has 2 N–H and O–H groups in total. The minimum atomic E-state index is -0.335. The van der Waals surface area contributed by atoms with Gasteiger partial charge in [-0.1, -0.05) is 13.8 Å². The van der Waals surface area contributed by atoms with Crippen LogP contribution in [0, 0.1) is 5.92 Å². The maximum Gasteiger partial charge on any atom is 0.240 e. The molecule has 0 radical (unpaired) electrons. The van der Waals surface area contributed by atoms with E-state index in [1.165, 1.54) is 6.42 Å². The molecule has 1 aliphatic carbocycles. The van der Waals surface area contributed by atoms with Crippen LogP contribution in [0.15, 0.2) is 0 Å². The van der Waals surface area contributed by atoms with Crippen LogP contribution in [0.3, 0.4) is 0 Å². The van der Waals surface area contributed by atoms with Crippen molar-refractivity contribution in [3.05, 3.63) is 0 Å². The summed E-state index contributed by atoms with van der Waals surface area (Å²) in [6.45, 7) is 6.22. The minimum Gasteiger partial charge on any atom is -0.334 e. The molecule has 0 bridgehead atoms. The molecular formula is C14H27N3O. The lowest BCUT2D eigenvalue weighted by atomic mass is 9.99. The van der Waals surface area contributed by atoms with Crippen LogP contribution in [0.2, 0.25) is 0 Å². The molecule has 1 heterocycles. The molecule has 0 aromatic carbocycles. The summed E-state index contributed by atoms with van der Waals surface area (Å²) in [6.07, 6.45) is 4.65. The van der Waals surface area contributed by atoms with E-state index >= 15 is 0 Å². The first-order chi connectivity index (χ1) is 8.50. The molecule has 2 unspecified atom stereocenters. The van der Waals surface area contributed by atoms with Crippen LogP contribution in [0.25, 0.3) is 0 Å². The van der Waals surface area contributed by atoms with Crippen molar-refractivity contribution in [3.8, 4) is 0 Å². The van der Waals surface area contributed by atoms with E-state index in [2.05, 4.69) is 16.8 Å². The molecule has 1 saturated heterocycles. The summed E-state index contributed by atoms with van der Waals surface area (Å²) in [7, 11) is 2.14. The lowest BCUT2D eigenvalue weighted by Gasteiger charge is -2.39. The fourth-order valence-electron chi connectivity index (χ4n) is 2.83. The molecule has 4 heteroatoms. The van der Waals surface area contributed by atoms with E-state index in [4.69, 9.17) is 5.73 Å². The van der Waals surface area contributed by atoms with Gasteiger partial charge in [-0.05, 0) is 45.2 Å². The minimum absolute atomic E-state index is 0.174. The molecule has 18 heavy (non-hydrogen) atoms. The van der Waals surface area contributed by atoms with Gasteiger partial charge in [0, 0.05) is 18.6 Å². The lowest BCUT2D eigenvalue weighted by Crippen LogP contribution is -2.55. The summed E-state index contributed by atoms with van der Waals surface area (Å²) < 4.78 is 0. The maximum absolute atomic E-state index is 12.6. The highest BCUT2D eigenvalue weighted by molar-refractivity contribution is 5.82. The van der Waals surface area contributed by atoms with E-state index in [1.54, 1.807) is 0 Å². The van der Waals surface area contributed by atoms with Gasteiger partial charge in [0.25, 0.3) is 0 Å². The molecule has 0 spiro atoms. The molecule has 1 aliphatic heterocycles. The van der Waals surface area contributed by atoms with Crippen LogP contribution in [0.1, 0.15) is 39.5 Å². The zero-order valence-corrected chi connectivity index (χ0v) is 11.9. The van der Waals surface area contributed by atoms with Crippen molar-refractivity contribution in [3.63, 3.8) is 0 Å². The van der Waals surface area contributed by atoms with E-state index in [0.29, 0.717) is 12.1 Å². The summed E-state index contributed by atoms with van der Waals surface area (Å²) >= 11 is 0. The quantitative estimate of drug-likeness (QED) is 0.815. The lowest BCUT2D eigenvalue weighted by molar-refractivity contribution is -0.137. The molecule has 2 aliphatic rings. The van der Waals surface area contributed by atoms with Crippen molar-refractivity contribution >= 4 is 5.91 Å². The van der Waals surface area contributed by atoms with Crippen LogP contribution in [-0.2, 0) is 4.79 Å². The molecule has 1 amide bonds. The number of piperidine rings is 1. The van der Waals surface area contributed by atoms with E-state index in [-0.39, 0.29) is 17.9 Å². The Balaban J connectivity index is 2.05. The standard InChI is InChI=1S/C14H27N3O/c1-10(2)13(15)14(18)17(11-6-7-11)12-5-4-8-16(3)9-12/h10-13H,4-9,15H2,1-3H3. The Bertz CT molecular complexity index is 301. The molecule has 4 nitrogen and oxygen atoms in total. The second-order valence-electron chi connectivity index (χ2n) is 6.30. The third-order valence-corrected chi connectivity index (χ3v) is 4.19. The number of nitrogens with two attached hydrogens (primary N) is 1. The first kappa shape index (κ1) is 13.8. The van der Waals surface area contributed by atoms with E-state index < -0.39 is 0 Å². The second kappa shape index (κ2) is 5.57. The number of hydrogen-bond acceptors (Lipinski definition) is 3. The van der Waals surface area contributed by atoms with Gasteiger partial charge in [0.05, 0.1) is 6.04 Å². The first-order valence-electron chi connectivity index (χ1n) is 7.27. The van der Waals surface area contributed by atoms with Gasteiger partial charge in [-0.3, -0.25) is 4.79 Å². The van der Waals surface area contributed by atoms with Crippen molar-refractivity contribution in [2.24, 2.45) is 11.7 Å². The van der Waals surface area contributed by atoms with E-state index in [9.17, 15) is 4.79 Å². The molecule has 2 fully saturated rings. The van der Waals surface area contributed by atoms with Crippen molar-refractivity contribution < 1.29 is 4.79 Å². The Hall–Kier alpha value is -0.610. The normalized spacial score (nSPS) is 27.3. The van der Waals surface area contributed by atoms with Crippen LogP contribution in [-0.4, -0.2) is 54.0 Å². The van der Waals surface area contributed by atoms with Crippen LogP contribution >= 0.6 is 0 Å². The topological polar surface area (TPSA) is 49.6 Å². The molecule has 2 atom stereocenters. The third-order valence-electron chi connectivity index (χ3n) is 4.19. The average Bonchev–Trinajstić information content (AvgIpc) is 3.12. The van der Waals surface area contributed by atoms with Gasteiger partial charge in [0.2, 0.25) is 5.91 Å². The molecular weight excluding hydrogens is 226 g/mol. The largest absolute Gasteiger partial charge is 0.334 e. The summed E-state index contributed by atoms with van der Waals surface area (Å²) in [5.41, 5.74) is 6.06. The Morgan fingerprint density at radius 1 is 1.28 bits per heavy atom. The van der Waals surface area contributed by atoms with Gasteiger partial charge in [-0.25, -0.2) is 0 Å². The van der Waals surface area contributed by atoms with Crippen molar-refractivity contribution in [2.45, 2.75) is 57.7 Å². The first-order valence-corrected chi connectivity index (χ1v) is 7.27. The summed E-state index contributed by atoms with van der Waals surface area (Å²) in [5.74, 6) is 0.396. The van der Waals surface area contributed by atoms with Crippen LogP contribution in [0.4, 0.5) is 0 Å². The predicted octanol–water partition coefficient (Wildman–Crippen LogP) is 1.05. The predicted molar refractivity (Wildman–Crippen MR) is 73.2 cm³/mol.